The summed E-state index contributed by atoms with van der Waals surface area (Å²) in [6.07, 6.45) is 0.700. The predicted octanol–water partition coefficient (Wildman–Crippen LogP) is 3.88. The van der Waals surface area contributed by atoms with E-state index in [-0.39, 0.29) is 6.04 Å². The molecule has 142 valence electrons. The van der Waals surface area contributed by atoms with Crippen LogP contribution in [0.15, 0.2) is 42.5 Å². The van der Waals surface area contributed by atoms with Gasteiger partial charge < -0.3 is 4.90 Å². The van der Waals surface area contributed by atoms with Gasteiger partial charge in [-0.1, -0.05) is 29.8 Å². The normalized spacial score (nSPS) is 19.2. The molecule has 0 saturated carbocycles. The first-order valence-corrected chi connectivity index (χ1v) is 9.86. The number of halogens is 1. The Kier molecular flexibility index (Phi) is 6.16. The minimum Gasteiger partial charge on any atom is -0.304 e. The zero-order chi connectivity index (χ0) is 19.4. The second-order valence-corrected chi connectivity index (χ2v) is 8.02. The lowest BCUT2D eigenvalue weighted by Crippen LogP contribution is -2.50. The number of aryl methyl sites for hydroxylation is 1. The van der Waals surface area contributed by atoms with Crippen LogP contribution in [0, 0.1) is 18.3 Å². The summed E-state index contributed by atoms with van der Waals surface area (Å²) in [5.74, 6) is 0. The van der Waals surface area contributed by atoms with Gasteiger partial charge in [0.05, 0.1) is 11.8 Å². The van der Waals surface area contributed by atoms with Gasteiger partial charge in [0, 0.05) is 42.9 Å². The molecule has 0 aliphatic carbocycles. The monoisotopic (exact) mass is 382 g/mol. The number of hydrogen-bond donors (Lipinski definition) is 0. The van der Waals surface area contributed by atoms with Gasteiger partial charge in [-0.2, -0.15) is 5.26 Å². The maximum absolute atomic E-state index is 10.4. The first-order chi connectivity index (χ1) is 12.9. The standard InChI is InChI=1S/C22H27ClN4/c1-17-5-4-6-21(25-17)22(16-24,19-7-9-20(23)10-8-19)15-18(2)27-13-11-26(3)12-14-27/h4-10,18H,11-15H2,1-3H3. The Morgan fingerprint density at radius 1 is 1.15 bits per heavy atom. The Bertz CT molecular complexity index is 806. The fourth-order valence-corrected chi connectivity index (χ4v) is 4.01. The van der Waals surface area contributed by atoms with Crippen molar-refractivity contribution in [3.05, 3.63) is 64.4 Å². The Labute approximate surface area is 167 Å². The van der Waals surface area contributed by atoms with Crippen molar-refractivity contribution in [1.29, 1.82) is 5.26 Å². The lowest BCUT2D eigenvalue weighted by molar-refractivity contribution is 0.108. The zero-order valence-electron chi connectivity index (χ0n) is 16.3. The molecule has 1 aromatic carbocycles. The molecular weight excluding hydrogens is 356 g/mol. The van der Waals surface area contributed by atoms with Crippen LogP contribution in [0.2, 0.25) is 5.02 Å². The Balaban J connectivity index is 1.99. The molecular formula is C22H27ClN4. The van der Waals surface area contributed by atoms with Gasteiger partial charge in [0.15, 0.2) is 0 Å². The highest BCUT2D eigenvalue weighted by Gasteiger charge is 2.39. The average Bonchev–Trinajstić information content (AvgIpc) is 2.67. The molecule has 1 saturated heterocycles. The quantitative estimate of drug-likeness (QED) is 0.787. The van der Waals surface area contributed by atoms with Crippen LogP contribution in [0.25, 0.3) is 0 Å². The smallest absolute Gasteiger partial charge is 0.126 e. The molecule has 0 spiro atoms. The summed E-state index contributed by atoms with van der Waals surface area (Å²) in [7, 11) is 2.16. The molecule has 0 amide bonds. The van der Waals surface area contributed by atoms with Gasteiger partial charge in [0.1, 0.15) is 5.41 Å². The van der Waals surface area contributed by atoms with Crippen molar-refractivity contribution in [3.8, 4) is 6.07 Å². The molecule has 1 aromatic heterocycles. The first-order valence-electron chi connectivity index (χ1n) is 9.48. The van der Waals surface area contributed by atoms with E-state index in [1.807, 2.05) is 49.4 Å². The third-order valence-electron chi connectivity index (χ3n) is 5.62. The number of nitrogens with zero attached hydrogens (tertiary/aromatic N) is 4. The predicted molar refractivity (Wildman–Crippen MR) is 110 cm³/mol. The molecule has 0 bridgehead atoms. The molecule has 1 fully saturated rings. The summed E-state index contributed by atoms with van der Waals surface area (Å²) in [5, 5.41) is 11.1. The van der Waals surface area contributed by atoms with Gasteiger partial charge >= 0.3 is 0 Å². The molecule has 4 nitrogen and oxygen atoms in total. The number of likely N-dealkylation sites (N-methyl/N-ethyl adjacent to an activating group) is 1. The van der Waals surface area contributed by atoms with Crippen molar-refractivity contribution in [3.63, 3.8) is 0 Å². The van der Waals surface area contributed by atoms with Crippen molar-refractivity contribution in [2.75, 3.05) is 33.2 Å². The van der Waals surface area contributed by atoms with E-state index < -0.39 is 5.41 Å². The van der Waals surface area contributed by atoms with E-state index in [1.54, 1.807) is 0 Å². The van der Waals surface area contributed by atoms with Gasteiger partial charge in [0.25, 0.3) is 0 Å². The second kappa shape index (κ2) is 8.39. The zero-order valence-corrected chi connectivity index (χ0v) is 17.1. The van der Waals surface area contributed by atoms with Crippen LogP contribution in [0.5, 0.6) is 0 Å². The molecule has 0 N–H and O–H groups in total. The Morgan fingerprint density at radius 3 is 2.41 bits per heavy atom. The SMILES string of the molecule is Cc1cccc(C(C#N)(CC(C)N2CCN(C)CC2)c2ccc(Cl)cc2)n1. The molecule has 1 aliphatic rings. The summed E-state index contributed by atoms with van der Waals surface area (Å²) in [4.78, 5) is 9.58. The van der Waals surface area contributed by atoms with Crippen LogP contribution >= 0.6 is 11.6 Å². The average molecular weight is 383 g/mol. The number of aromatic nitrogens is 1. The van der Waals surface area contributed by atoms with Gasteiger partial charge in [-0.15, -0.1) is 0 Å². The fraction of sp³-hybridized carbons (Fsp3) is 0.455. The van der Waals surface area contributed by atoms with Crippen molar-refractivity contribution in [2.45, 2.75) is 31.7 Å². The van der Waals surface area contributed by atoms with Crippen LogP contribution < -0.4 is 0 Å². The van der Waals surface area contributed by atoms with Crippen LogP contribution in [0.1, 0.15) is 30.3 Å². The summed E-state index contributed by atoms with van der Waals surface area (Å²) in [6.45, 7) is 8.38. The molecule has 2 heterocycles. The van der Waals surface area contributed by atoms with E-state index in [0.717, 1.165) is 43.1 Å². The molecule has 3 rings (SSSR count). The minimum atomic E-state index is -0.792. The van der Waals surface area contributed by atoms with Crippen LogP contribution in [-0.2, 0) is 5.41 Å². The van der Waals surface area contributed by atoms with E-state index in [1.165, 1.54) is 0 Å². The third-order valence-corrected chi connectivity index (χ3v) is 5.87. The van der Waals surface area contributed by atoms with Crippen LogP contribution in [0.3, 0.4) is 0 Å². The molecule has 27 heavy (non-hydrogen) atoms. The highest BCUT2D eigenvalue weighted by Crippen LogP contribution is 2.37. The third kappa shape index (κ3) is 4.32. The topological polar surface area (TPSA) is 43.2 Å². The molecule has 2 unspecified atom stereocenters. The maximum atomic E-state index is 10.4. The van der Waals surface area contributed by atoms with Crippen LogP contribution in [-0.4, -0.2) is 54.1 Å². The largest absolute Gasteiger partial charge is 0.304 e. The maximum Gasteiger partial charge on any atom is 0.126 e. The molecule has 5 heteroatoms. The Morgan fingerprint density at radius 2 is 1.81 bits per heavy atom. The highest BCUT2D eigenvalue weighted by atomic mass is 35.5. The number of benzene rings is 1. The van der Waals surface area contributed by atoms with E-state index in [9.17, 15) is 5.26 Å². The first kappa shape index (κ1) is 19.8. The van der Waals surface area contributed by atoms with E-state index >= 15 is 0 Å². The van der Waals surface area contributed by atoms with Gasteiger partial charge in [-0.3, -0.25) is 9.88 Å². The van der Waals surface area contributed by atoms with E-state index in [2.05, 4.69) is 29.8 Å². The number of piperazine rings is 1. The van der Waals surface area contributed by atoms with Crippen molar-refractivity contribution in [1.82, 2.24) is 14.8 Å². The fourth-order valence-electron chi connectivity index (χ4n) is 3.89. The van der Waals surface area contributed by atoms with Crippen LogP contribution in [0.4, 0.5) is 0 Å². The molecule has 0 radical (unpaired) electrons. The van der Waals surface area contributed by atoms with E-state index in [0.29, 0.717) is 11.4 Å². The van der Waals surface area contributed by atoms with E-state index in [4.69, 9.17) is 16.6 Å². The van der Waals surface area contributed by atoms with Crippen molar-refractivity contribution < 1.29 is 0 Å². The minimum absolute atomic E-state index is 0.274. The molecule has 2 atom stereocenters. The number of nitriles is 1. The lowest BCUT2D eigenvalue weighted by Gasteiger charge is -2.39. The van der Waals surface area contributed by atoms with Crippen molar-refractivity contribution in [2.24, 2.45) is 0 Å². The van der Waals surface area contributed by atoms with Crippen molar-refractivity contribution >= 4 is 11.6 Å². The number of rotatable bonds is 5. The number of pyridine rings is 1. The highest BCUT2D eigenvalue weighted by molar-refractivity contribution is 6.30. The van der Waals surface area contributed by atoms with Gasteiger partial charge in [-0.05, 0) is 57.1 Å². The molecule has 2 aromatic rings. The van der Waals surface area contributed by atoms with Gasteiger partial charge in [0.2, 0.25) is 0 Å². The summed E-state index contributed by atoms with van der Waals surface area (Å²) in [6, 6.07) is 16.5. The Hall–Kier alpha value is -1.93. The molecule has 1 aliphatic heterocycles. The van der Waals surface area contributed by atoms with Gasteiger partial charge in [-0.25, -0.2) is 0 Å². The summed E-state index contributed by atoms with van der Waals surface area (Å²) >= 11 is 6.11. The second-order valence-electron chi connectivity index (χ2n) is 7.58. The lowest BCUT2D eigenvalue weighted by atomic mass is 9.73. The summed E-state index contributed by atoms with van der Waals surface area (Å²) < 4.78 is 0. The number of hydrogen-bond acceptors (Lipinski definition) is 4. The summed E-state index contributed by atoms with van der Waals surface area (Å²) in [5.41, 5.74) is 1.90.